The molecule has 9 heteroatoms. The Labute approximate surface area is 143 Å². The van der Waals surface area contributed by atoms with Gasteiger partial charge in [0.25, 0.3) is 5.91 Å². The van der Waals surface area contributed by atoms with E-state index >= 15 is 0 Å². The second kappa shape index (κ2) is 6.47. The molecule has 25 heavy (non-hydrogen) atoms. The summed E-state index contributed by atoms with van der Waals surface area (Å²) in [6.07, 6.45) is 7.72. The highest BCUT2D eigenvalue weighted by molar-refractivity contribution is 5.93. The van der Waals surface area contributed by atoms with E-state index in [0.717, 1.165) is 25.2 Å². The Kier molecular flexibility index (Phi) is 4.01. The van der Waals surface area contributed by atoms with Crippen molar-refractivity contribution in [2.75, 3.05) is 18.0 Å². The molecule has 1 aliphatic carbocycles. The molecule has 3 heterocycles. The maximum absolute atomic E-state index is 13.0. The third kappa shape index (κ3) is 3.57. The fraction of sp³-hybridized carbons (Fsp3) is 0.438. The van der Waals surface area contributed by atoms with Gasteiger partial charge in [-0.1, -0.05) is 11.1 Å². The van der Waals surface area contributed by atoms with Crippen molar-refractivity contribution >= 4 is 11.9 Å². The Hall–Kier alpha value is -3.02. The van der Waals surface area contributed by atoms with E-state index in [0.29, 0.717) is 25.0 Å². The minimum atomic E-state index is -0.490. The summed E-state index contributed by atoms with van der Waals surface area (Å²) < 4.78 is 14.7. The van der Waals surface area contributed by atoms with Crippen molar-refractivity contribution in [2.45, 2.75) is 24.9 Å². The molecule has 2 aromatic heterocycles. The first-order valence-corrected chi connectivity index (χ1v) is 8.09. The molecule has 0 unspecified atom stereocenters. The van der Waals surface area contributed by atoms with Crippen LogP contribution in [0.4, 0.5) is 10.3 Å². The molecule has 0 radical (unpaired) electrons. The lowest BCUT2D eigenvalue weighted by molar-refractivity contribution is -0.116. The number of halogens is 1. The average Bonchev–Trinajstić information content (AvgIpc) is 3.10. The molecule has 1 saturated heterocycles. The molecule has 2 aromatic rings. The van der Waals surface area contributed by atoms with E-state index in [4.69, 9.17) is 0 Å². The highest BCUT2D eigenvalue weighted by Crippen LogP contribution is 2.27. The second-order valence-electron chi connectivity index (χ2n) is 6.18. The molecule has 1 amide bonds. The van der Waals surface area contributed by atoms with Crippen LogP contribution in [0.3, 0.4) is 0 Å². The SMILES string of the molecule is O=C(C#CC1CC1)N[C@@H]1CN(c2ncc(F)cn2)C[C@@H]1n1ccnn1. The fourth-order valence-corrected chi connectivity index (χ4v) is 2.82. The molecule has 1 saturated carbocycles. The molecule has 1 N–H and O–H groups in total. The van der Waals surface area contributed by atoms with Crippen molar-refractivity contribution in [2.24, 2.45) is 5.92 Å². The maximum atomic E-state index is 13.0. The van der Waals surface area contributed by atoms with E-state index in [9.17, 15) is 9.18 Å². The zero-order valence-corrected chi connectivity index (χ0v) is 13.3. The standard InChI is InChI=1S/C16H16FN7O/c17-12-7-18-16(19-8-12)23-9-13(14(10-23)24-6-5-20-22-24)21-15(25)4-3-11-1-2-11/h5-8,11,13-14H,1-2,9-10H2,(H,21,25)/t13-,14+/m1/s1. The van der Waals surface area contributed by atoms with Crippen molar-refractivity contribution in [3.63, 3.8) is 0 Å². The third-order valence-corrected chi connectivity index (χ3v) is 4.24. The van der Waals surface area contributed by atoms with Crippen LogP contribution in [0.1, 0.15) is 18.9 Å². The van der Waals surface area contributed by atoms with Gasteiger partial charge in [-0.25, -0.2) is 19.0 Å². The first-order chi connectivity index (χ1) is 12.2. The highest BCUT2D eigenvalue weighted by atomic mass is 19.1. The maximum Gasteiger partial charge on any atom is 0.296 e. The fourth-order valence-electron chi connectivity index (χ4n) is 2.82. The van der Waals surface area contributed by atoms with Crippen LogP contribution in [0.5, 0.6) is 0 Å². The van der Waals surface area contributed by atoms with Gasteiger partial charge >= 0.3 is 0 Å². The minimum absolute atomic E-state index is 0.136. The number of carbonyl (C=O) groups is 1. The zero-order chi connectivity index (χ0) is 17.2. The van der Waals surface area contributed by atoms with Crippen LogP contribution in [-0.4, -0.2) is 50.0 Å². The number of nitrogens with one attached hydrogen (secondary N) is 1. The van der Waals surface area contributed by atoms with Gasteiger partial charge in [-0.3, -0.25) is 4.79 Å². The van der Waals surface area contributed by atoms with Gasteiger partial charge in [0.15, 0.2) is 5.82 Å². The molecule has 1 aliphatic heterocycles. The van der Waals surface area contributed by atoms with Gasteiger partial charge < -0.3 is 10.2 Å². The van der Waals surface area contributed by atoms with Gasteiger partial charge in [0.1, 0.15) is 0 Å². The van der Waals surface area contributed by atoms with Crippen molar-refractivity contribution in [1.82, 2.24) is 30.3 Å². The van der Waals surface area contributed by atoms with Crippen LogP contribution < -0.4 is 10.2 Å². The van der Waals surface area contributed by atoms with E-state index in [2.05, 4.69) is 37.4 Å². The van der Waals surface area contributed by atoms with Crippen LogP contribution in [-0.2, 0) is 4.79 Å². The summed E-state index contributed by atoms with van der Waals surface area (Å²) in [4.78, 5) is 22.0. The number of hydrogen-bond donors (Lipinski definition) is 1. The van der Waals surface area contributed by atoms with Gasteiger partial charge in [0, 0.05) is 25.2 Å². The molecule has 2 atom stereocenters. The molecule has 8 nitrogen and oxygen atoms in total. The average molecular weight is 341 g/mol. The van der Waals surface area contributed by atoms with E-state index < -0.39 is 5.82 Å². The summed E-state index contributed by atoms with van der Waals surface area (Å²) in [6.45, 7) is 1.00. The smallest absolute Gasteiger partial charge is 0.296 e. The van der Waals surface area contributed by atoms with Gasteiger partial charge in [0.05, 0.1) is 30.7 Å². The van der Waals surface area contributed by atoms with Crippen LogP contribution in [0.2, 0.25) is 0 Å². The highest BCUT2D eigenvalue weighted by Gasteiger charge is 2.36. The molecule has 128 valence electrons. The first kappa shape index (κ1) is 15.5. The first-order valence-electron chi connectivity index (χ1n) is 8.09. The zero-order valence-electron chi connectivity index (χ0n) is 13.3. The summed E-state index contributed by atoms with van der Waals surface area (Å²) in [5.41, 5.74) is 0. The van der Waals surface area contributed by atoms with Gasteiger partial charge in [-0.05, 0) is 18.8 Å². The molecule has 0 aromatic carbocycles. The topological polar surface area (TPSA) is 88.8 Å². The monoisotopic (exact) mass is 341 g/mol. The normalized spacial score (nSPS) is 22.4. The van der Waals surface area contributed by atoms with Crippen molar-refractivity contribution in [3.8, 4) is 11.8 Å². The summed E-state index contributed by atoms with van der Waals surface area (Å²) in [6, 6.07) is -0.362. The number of nitrogens with zero attached hydrogens (tertiary/aromatic N) is 6. The van der Waals surface area contributed by atoms with Crippen LogP contribution in [0.25, 0.3) is 0 Å². The Morgan fingerprint density at radius 3 is 2.76 bits per heavy atom. The van der Waals surface area contributed by atoms with Crippen LogP contribution >= 0.6 is 0 Å². The summed E-state index contributed by atoms with van der Waals surface area (Å²) in [7, 11) is 0. The molecule has 0 spiro atoms. The summed E-state index contributed by atoms with van der Waals surface area (Å²) in [5, 5.41) is 10.8. The number of carbonyl (C=O) groups excluding carboxylic acids is 1. The lowest BCUT2D eigenvalue weighted by Gasteiger charge is -2.17. The van der Waals surface area contributed by atoms with E-state index in [1.807, 2.05) is 4.90 Å². The predicted molar refractivity (Wildman–Crippen MR) is 85.7 cm³/mol. The lowest BCUT2D eigenvalue weighted by Crippen LogP contribution is -2.41. The van der Waals surface area contributed by atoms with Crippen molar-refractivity contribution in [3.05, 3.63) is 30.6 Å². The molecular weight excluding hydrogens is 325 g/mol. The van der Waals surface area contributed by atoms with Crippen molar-refractivity contribution in [1.29, 1.82) is 0 Å². The number of amides is 1. The number of rotatable bonds is 3. The van der Waals surface area contributed by atoms with Crippen LogP contribution in [0.15, 0.2) is 24.8 Å². The molecule has 2 aliphatic rings. The Balaban J connectivity index is 1.51. The van der Waals surface area contributed by atoms with Gasteiger partial charge in [-0.15, -0.1) is 5.10 Å². The molecule has 2 fully saturated rings. The molecule has 0 bridgehead atoms. The summed E-state index contributed by atoms with van der Waals surface area (Å²) in [5.74, 6) is 5.59. The van der Waals surface area contributed by atoms with Crippen molar-refractivity contribution < 1.29 is 9.18 Å². The Bertz CT molecular complexity index is 807. The van der Waals surface area contributed by atoms with Gasteiger partial charge in [0.2, 0.25) is 5.95 Å². The van der Waals surface area contributed by atoms with E-state index in [1.54, 1.807) is 17.1 Å². The Morgan fingerprint density at radius 1 is 1.28 bits per heavy atom. The lowest BCUT2D eigenvalue weighted by atomic mass is 10.2. The van der Waals surface area contributed by atoms with Gasteiger partial charge in [-0.2, -0.15) is 0 Å². The number of aromatic nitrogens is 5. The Morgan fingerprint density at radius 2 is 2.08 bits per heavy atom. The largest absolute Gasteiger partial charge is 0.339 e. The van der Waals surface area contributed by atoms with Crippen LogP contribution in [0, 0.1) is 23.6 Å². The summed E-state index contributed by atoms with van der Waals surface area (Å²) >= 11 is 0. The molecular formula is C16H16FN7O. The minimum Gasteiger partial charge on any atom is -0.339 e. The third-order valence-electron chi connectivity index (χ3n) is 4.24. The van der Waals surface area contributed by atoms with E-state index in [1.165, 1.54) is 0 Å². The van der Waals surface area contributed by atoms with E-state index in [-0.39, 0.29) is 18.0 Å². The molecule has 4 rings (SSSR count). The second-order valence-corrected chi connectivity index (χ2v) is 6.18. The number of hydrogen-bond acceptors (Lipinski definition) is 6. The number of anilines is 1. The quantitative estimate of drug-likeness (QED) is 0.801. The predicted octanol–water partition coefficient (Wildman–Crippen LogP) is 0.167.